The second kappa shape index (κ2) is 4.96. The van der Waals surface area contributed by atoms with Crippen LogP contribution >= 0.6 is 0 Å². The van der Waals surface area contributed by atoms with E-state index in [0.717, 1.165) is 37.3 Å². The lowest BCUT2D eigenvalue weighted by Crippen LogP contribution is -2.46. The van der Waals surface area contributed by atoms with Crippen LogP contribution in [-0.2, 0) is 10.2 Å². The molecule has 0 bridgehead atoms. The van der Waals surface area contributed by atoms with Crippen molar-refractivity contribution in [3.05, 3.63) is 60.2 Å². The SMILES string of the molecule is CN1CCC2(CC1)C(=O)N(c1ccccc1)c1ccccc12. The number of fused-ring (bicyclic) bond motifs is 2. The summed E-state index contributed by atoms with van der Waals surface area (Å²) >= 11 is 0. The number of para-hydroxylation sites is 2. The maximum absolute atomic E-state index is 13.4. The second-order valence-electron chi connectivity index (χ2n) is 6.38. The summed E-state index contributed by atoms with van der Waals surface area (Å²) in [7, 11) is 2.13. The molecule has 0 aromatic heterocycles. The quantitative estimate of drug-likeness (QED) is 0.805. The first-order valence-electron chi connectivity index (χ1n) is 7.90. The fourth-order valence-electron chi connectivity index (χ4n) is 3.83. The van der Waals surface area contributed by atoms with Gasteiger partial charge in [0, 0.05) is 5.69 Å². The third kappa shape index (κ3) is 1.82. The Morgan fingerprint density at radius 2 is 1.55 bits per heavy atom. The van der Waals surface area contributed by atoms with Gasteiger partial charge in [0.25, 0.3) is 0 Å². The number of piperidine rings is 1. The summed E-state index contributed by atoms with van der Waals surface area (Å²) in [5.41, 5.74) is 2.90. The van der Waals surface area contributed by atoms with E-state index >= 15 is 0 Å². The van der Waals surface area contributed by atoms with Gasteiger partial charge in [-0.2, -0.15) is 0 Å². The third-order valence-corrected chi connectivity index (χ3v) is 5.13. The van der Waals surface area contributed by atoms with Gasteiger partial charge in [-0.25, -0.2) is 0 Å². The molecule has 2 heterocycles. The molecule has 0 unspecified atom stereocenters. The lowest BCUT2D eigenvalue weighted by molar-refractivity contribution is -0.124. The molecule has 1 amide bonds. The van der Waals surface area contributed by atoms with Gasteiger partial charge in [0.05, 0.1) is 11.1 Å². The molecule has 0 saturated carbocycles. The van der Waals surface area contributed by atoms with Crippen LogP contribution in [0.4, 0.5) is 11.4 Å². The number of anilines is 2. The van der Waals surface area contributed by atoms with Crippen LogP contribution in [0.3, 0.4) is 0 Å². The molecule has 2 aliphatic rings. The molecule has 1 spiro atoms. The minimum atomic E-state index is -0.334. The molecule has 0 aliphatic carbocycles. The maximum atomic E-state index is 13.4. The monoisotopic (exact) mass is 292 g/mol. The smallest absolute Gasteiger partial charge is 0.242 e. The number of carbonyl (C=O) groups excluding carboxylic acids is 1. The standard InChI is InChI=1S/C19H20N2O/c1-20-13-11-19(12-14-20)16-9-5-6-10-17(16)21(18(19)22)15-7-3-2-4-8-15/h2-10H,11-14H2,1H3. The van der Waals surface area contributed by atoms with Crippen molar-refractivity contribution >= 4 is 17.3 Å². The molecule has 0 N–H and O–H groups in total. The number of carbonyl (C=O) groups is 1. The molecule has 0 radical (unpaired) electrons. The van der Waals surface area contributed by atoms with Crippen LogP contribution < -0.4 is 4.90 Å². The fourth-order valence-corrected chi connectivity index (χ4v) is 3.83. The van der Waals surface area contributed by atoms with Crippen molar-refractivity contribution in [2.45, 2.75) is 18.3 Å². The Morgan fingerprint density at radius 3 is 2.27 bits per heavy atom. The van der Waals surface area contributed by atoms with Crippen molar-refractivity contribution in [3.8, 4) is 0 Å². The highest BCUT2D eigenvalue weighted by molar-refractivity contribution is 6.13. The van der Waals surface area contributed by atoms with Crippen molar-refractivity contribution < 1.29 is 4.79 Å². The molecule has 2 aliphatic heterocycles. The molecule has 2 aromatic carbocycles. The first-order valence-corrected chi connectivity index (χ1v) is 7.90. The first kappa shape index (κ1) is 13.5. The van der Waals surface area contributed by atoms with Gasteiger partial charge in [0.1, 0.15) is 0 Å². The zero-order valence-electron chi connectivity index (χ0n) is 12.8. The van der Waals surface area contributed by atoms with Gasteiger partial charge in [-0.15, -0.1) is 0 Å². The van der Waals surface area contributed by atoms with Crippen LogP contribution in [0.25, 0.3) is 0 Å². The summed E-state index contributed by atoms with van der Waals surface area (Å²) in [4.78, 5) is 17.6. The summed E-state index contributed by atoms with van der Waals surface area (Å²) in [6.45, 7) is 1.95. The van der Waals surface area contributed by atoms with E-state index in [0.29, 0.717) is 0 Å². The van der Waals surface area contributed by atoms with E-state index in [4.69, 9.17) is 0 Å². The van der Waals surface area contributed by atoms with Gasteiger partial charge in [0.2, 0.25) is 5.91 Å². The largest absolute Gasteiger partial charge is 0.306 e. The molecule has 3 nitrogen and oxygen atoms in total. The normalized spacial score (nSPS) is 20.4. The topological polar surface area (TPSA) is 23.6 Å². The molecule has 1 saturated heterocycles. The van der Waals surface area contributed by atoms with Gasteiger partial charge >= 0.3 is 0 Å². The van der Waals surface area contributed by atoms with Gasteiger partial charge < -0.3 is 4.90 Å². The Hall–Kier alpha value is -2.13. The minimum absolute atomic E-state index is 0.244. The van der Waals surface area contributed by atoms with Crippen LogP contribution in [0.15, 0.2) is 54.6 Å². The predicted molar refractivity (Wildman–Crippen MR) is 88.4 cm³/mol. The number of hydrogen-bond donors (Lipinski definition) is 0. The number of hydrogen-bond acceptors (Lipinski definition) is 2. The number of nitrogens with zero attached hydrogens (tertiary/aromatic N) is 2. The summed E-state index contributed by atoms with van der Waals surface area (Å²) in [6, 6.07) is 18.3. The Labute approximate surface area is 131 Å². The first-order chi connectivity index (χ1) is 10.7. The Bertz CT molecular complexity index is 702. The van der Waals surface area contributed by atoms with E-state index in [-0.39, 0.29) is 11.3 Å². The molecule has 3 heteroatoms. The molecule has 22 heavy (non-hydrogen) atoms. The van der Waals surface area contributed by atoms with E-state index in [9.17, 15) is 4.79 Å². The minimum Gasteiger partial charge on any atom is -0.306 e. The Morgan fingerprint density at radius 1 is 0.909 bits per heavy atom. The molecule has 0 atom stereocenters. The lowest BCUT2D eigenvalue weighted by Gasteiger charge is -2.36. The number of rotatable bonds is 1. The van der Waals surface area contributed by atoms with Crippen LogP contribution in [0.5, 0.6) is 0 Å². The third-order valence-electron chi connectivity index (χ3n) is 5.13. The molecular formula is C19H20N2O. The van der Waals surface area contributed by atoms with E-state index in [1.807, 2.05) is 41.3 Å². The second-order valence-corrected chi connectivity index (χ2v) is 6.38. The fraction of sp³-hybridized carbons (Fsp3) is 0.316. The number of likely N-dealkylation sites (tertiary alicyclic amines) is 1. The zero-order chi connectivity index (χ0) is 15.2. The van der Waals surface area contributed by atoms with Gasteiger partial charge in [-0.05, 0) is 56.7 Å². The highest BCUT2D eigenvalue weighted by Crippen LogP contribution is 2.50. The predicted octanol–water partition coefficient (Wildman–Crippen LogP) is 3.33. The van der Waals surface area contributed by atoms with Crippen LogP contribution in [0.2, 0.25) is 0 Å². The van der Waals surface area contributed by atoms with Crippen molar-refractivity contribution in [2.75, 3.05) is 25.0 Å². The summed E-state index contributed by atoms with van der Waals surface area (Å²) in [5.74, 6) is 0.244. The molecule has 112 valence electrons. The zero-order valence-corrected chi connectivity index (χ0v) is 12.8. The highest BCUT2D eigenvalue weighted by atomic mass is 16.2. The molecule has 1 fully saturated rings. The van der Waals surface area contributed by atoms with E-state index in [2.05, 4.69) is 30.1 Å². The Balaban J connectivity index is 1.85. The molecular weight excluding hydrogens is 272 g/mol. The van der Waals surface area contributed by atoms with Crippen LogP contribution in [-0.4, -0.2) is 30.9 Å². The summed E-state index contributed by atoms with van der Waals surface area (Å²) < 4.78 is 0. The van der Waals surface area contributed by atoms with Crippen molar-refractivity contribution in [1.82, 2.24) is 4.90 Å². The maximum Gasteiger partial charge on any atom is 0.242 e. The Kier molecular flexibility index (Phi) is 3.05. The van der Waals surface area contributed by atoms with E-state index in [1.54, 1.807) is 0 Å². The lowest BCUT2D eigenvalue weighted by atomic mass is 9.74. The van der Waals surface area contributed by atoms with Crippen molar-refractivity contribution in [1.29, 1.82) is 0 Å². The van der Waals surface area contributed by atoms with Crippen LogP contribution in [0.1, 0.15) is 18.4 Å². The average Bonchev–Trinajstić information content (AvgIpc) is 2.80. The summed E-state index contributed by atoms with van der Waals surface area (Å²) in [5, 5.41) is 0. The highest BCUT2D eigenvalue weighted by Gasteiger charge is 2.51. The summed E-state index contributed by atoms with van der Waals surface area (Å²) in [6.07, 6.45) is 1.81. The molecule has 2 aromatic rings. The van der Waals surface area contributed by atoms with Crippen molar-refractivity contribution in [3.63, 3.8) is 0 Å². The van der Waals surface area contributed by atoms with Gasteiger partial charge in [-0.1, -0.05) is 36.4 Å². The van der Waals surface area contributed by atoms with Gasteiger partial charge in [-0.3, -0.25) is 9.69 Å². The van der Waals surface area contributed by atoms with Crippen molar-refractivity contribution in [2.24, 2.45) is 0 Å². The average molecular weight is 292 g/mol. The van der Waals surface area contributed by atoms with Gasteiger partial charge in [0.15, 0.2) is 0 Å². The number of amides is 1. The number of benzene rings is 2. The van der Waals surface area contributed by atoms with Crippen LogP contribution in [0, 0.1) is 0 Å². The van der Waals surface area contributed by atoms with E-state index < -0.39 is 0 Å². The molecule has 4 rings (SSSR count). The van der Waals surface area contributed by atoms with E-state index in [1.165, 1.54) is 5.56 Å².